The molecule has 0 fully saturated rings. The number of halogens is 3. The first-order valence-corrected chi connectivity index (χ1v) is 15.9. The number of hydrogen-bond acceptors (Lipinski definition) is 7. The summed E-state index contributed by atoms with van der Waals surface area (Å²) in [5.41, 5.74) is 2.51. The van der Waals surface area contributed by atoms with Crippen LogP contribution in [0.2, 0.25) is 5.02 Å². The lowest BCUT2D eigenvalue weighted by atomic mass is 9.95. The van der Waals surface area contributed by atoms with Crippen LogP contribution in [0.5, 0.6) is 11.5 Å². The van der Waals surface area contributed by atoms with Gasteiger partial charge in [0.1, 0.15) is 24.2 Å². The molecule has 0 saturated heterocycles. The Labute approximate surface area is 271 Å². The van der Waals surface area contributed by atoms with Crippen LogP contribution in [-0.2, 0) is 16.1 Å². The number of carbonyl (C=O) groups excluding carboxylic acids is 1. The third-order valence-electron chi connectivity index (χ3n) is 6.71. The van der Waals surface area contributed by atoms with Crippen molar-refractivity contribution in [2.24, 2.45) is 4.99 Å². The smallest absolute Gasteiger partial charge is 0.338 e. The maximum Gasteiger partial charge on any atom is 0.338 e. The summed E-state index contributed by atoms with van der Waals surface area (Å²) in [5.74, 6) is 0.116. The molecule has 1 aliphatic heterocycles. The van der Waals surface area contributed by atoms with E-state index in [1.165, 1.54) is 28.0 Å². The summed E-state index contributed by atoms with van der Waals surface area (Å²) in [6.45, 7) is 7.67. The van der Waals surface area contributed by atoms with Gasteiger partial charge in [-0.05, 0) is 91.2 Å². The SMILES string of the molecule is CCOC(=O)C1=C(C)N=c2s/c(=C/c3cc(Cl)c(OCc4ccc(F)cc4)c(Br)c3)c(=O)n2[C@H]1c1ccccc1OC(C)C. The van der Waals surface area contributed by atoms with E-state index in [0.29, 0.717) is 47.2 Å². The zero-order valence-corrected chi connectivity index (χ0v) is 27.6. The highest BCUT2D eigenvalue weighted by atomic mass is 79.9. The van der Waals surface area contributed by atoms with Gasteiger partial charge < -0.3 is 14.2 Å². The Kier molecular flexibility index (Phi) is 9.72. The van der Waals surface area contributed by atoms with Crippen molar-refractivity contribution in [2.75, 3.05) is 6.61 Å². The molecule has 0 spiro atoms. The Morgan fingerprint density at radius 2 is 1.91 bits per heavy atom. The predicted octanol–water partition coefficient (Wildman–Crippen LogP) is 6.72. The normalized spacial score (nSPS) is 14.8. The van der Waals surface area contributed by atoms with Crippen molar-refractivity contribution in [3.05, 3.63) is 124 Å². The van der Waals surface area contributed by atoms with Gasteiger partial charge >= 0.3 is 5.97 Å². The van der Waals surface area contributed by atoms with Gasteiger partial charge in [0, 0.05) is 5.56 Å². The second-order valence-electron chi connectivity index (χ2n) is 10.2. The first-order valence-electron chi connectivity index (χ1n) is 13.9. The van der Waals surface area contributed by atoms with E-state index in [2.05, 4.69) is 20.9 Å². The number of aromatic nitrogens is 1. The first-order chi connectivity index (χ1) is 21.1. The minimum atomic E-state index is -0.806. The average molecular weight is 700 g/mol. The van der Waals surface area contributed by atoms with E-state index in [1.807, 2.05) is 38.1 Å². The Balaban J connectivity index is 1.58. The molecule has 0 saturated carbocycles. The molecular weight excluding hydrogens is 671 g/mol. The summed E-state index contributed by atoms with van der Waals surface area (Å²) in [7, 11) is 0. The van der Waals surface area contributed by atoms with Crippen molar-refractivity contribution in [3.8, 4) is 11.5 Å². The van der Waals surface area contributed by atoms with Gasteiger partial charge in [0.2, 0.25) is 0 Å². The maximum atomic E-state index is 14.1. The first kappa shape index (κ1) is 31.7. The highest BCUT2D eigenvalue weighted by Crippen LogP contribution is 2.37. The number of allylic oxidation sites excluding steroid dienone is 1. The zero-order chi connectivity index (χ0) is 31.5. The standard InChI is InChI=1S/C33H29BrClFN2O5S/c1-5-41-32(40)28-19(4)37-33-38(29(28)23-8-6-7-9-26(23)43-18(2)3)31(39)27(44-33)16-21-14-24(34)30(25(35)15-21)42-17-20-10-12-22(36)13-11-20/h6-16,18,29H,5,17H2,1-4H3/b27-16+/t29-/m0/s1. The van der Waals surface area contributed by atoms with Gasteiger partial charge in [0.05, 0.1) is 38.0 Å². The largest absolute Gasteiger partial charge is 0.491 e. The molecule has 0 N–H and O–H groups in total. The van der Waals surface area contributed by atoms with Gasteiger partial charge in [-0.2, -0.15) is 0 Å². The number of carbonyl (C=O) groups is 1. The molecule has 228 valence electrons. The maximum absolute atomic E-state index is 14.1. The van der Waals surface area contributed by atoms with E-state index >= 15 is 0 Å². The summed E-state index contributed by atoms with van der Waals surface area (Å²) >= 11 is 11.3. The topological polar surface area (TPSA) is 79.1 Å². The van der Waals surface area contributed by atoms with Crippen LogP contribution in [-0.4, -0.2) is 23.2 Å². The molecule has 0 radical (unpaired) electrons. The van der Waals surface area contributed by atoms with Gasteiger partial charge in [-0.15, -0.1) is 0 Å². The van der Waals surface area contributed by atoms with E-state index < -0.39 is 12.0 Å². The number of esters is 1. The second-order valence-corrected chi connectivity index (χ2v) is 12.5. The van der Waals surface area contributed by atoms with Crippen LogP contribution in [0.15, 0.2) is 86.2 Å². The molecule has 2 heterocycles. The monoisotopic (exact) mass is 698 g/mol. The predicted molar refractivity (Wildman–Crippen MR) is 172 cm³/mol. The van der Waals surface area contributed by atoms with Crippen molar-refractivity contribution < 1.29 is 23.4 Å². The average Bonchev–Trinajstić information content (AvgIpc) is 3.26. The number of benzene rings is 3. The van der Waals surface area contributed by atoms with Gasteiger partial charge in [0.25, 0.3) is 5.56 Å². The van der Waals surface area contributed by atoms with Crippen molar-refractivity contribution in [1.82, 2.24) is 4.57 Å². The highest BCUT2D eigenvalue weighted by Gasteiger charge is 2.35. The third-order valence-corrected chi connectivity index (χ3v) is 8.56. The van der Waals surface area contributed by atoms with Crippen molar-refractivity contribution in [2.45, 2.75) is 46.4 Å². The molecule has 3 aromatic carbocycles. The minimum Gasteiger partial charge on any atom is -0.491 e. The zero-order valence-electron chi connectivity index (χ0n) is 24.4. The van der Waals surface area contributed by atoms with Gasteiger partial charge in [-0.1, -0.05) is 53.3 Å². The van der Waals surface area contributed by atoms with E-state index in [0.717, 1.165) is 5.56 Å². The Morgan fingerprint density at radius 3 is 2.59 bits per heavy atom. The number of nitrogens with zero attached hydrogens (tertiary/aromatic N) is 2. The van der Waals surface area contributed by atoms with Crippen LogP contribution in [0, 0.1) is 5.82 Å². The molecule has 0 bridgehead atoms. The fourth-order valence-corrected chi connectivity index (χ4v) is 6.88. The molecule has 1 aromatic heterocycles. The van der Waals surface area contributed by atoms with E-state index in [4.69, 9.17) is 25.8 Å². The fraction of sp³-hybridized carbons (Fsp3) is 0.242. The second kappa shape index (κ2) is 13.5. The molecule has 11 heteroatoms. The van der Waals surface area contributed by atoms with Gasteiger partial charge in [0.15, 0.2) is 10.6 Å². The lowest BCUT2D eigenvalue weighted by Gasteiger charge is -2.26. The van der Waals surface area contributed by atoms with Crippen LogP contribution >= 0.6 is 38.9 Å². The molecule has 0 unspecified atom stereocenters. The summed E-state index contributed by atoms with van der Waals surface area (Å²) in [4.78, 5) is 32.4. The van der Waals surface area contributed by atoms with Crippen molar-refractivity contribution in [3.63, 3.8) is 0 Å². The summed E-state index contributed by atoms with van der Waals surface area (Å²) in [6, 6.07) is 16.1. The number of ether oxygens (including phenoxy) is 3. The highest BCUT2D eigenvalue weighted by molar-refractivity contribution is 9.10. The third kappa shape index (κ3) is 6.67. The molecule has 0 amide bonds. The summed E-state index contributed by atoms with van der Waals surface area (Å²) in [6.07, 6.45) is 1.59. The molecule has 1 aliphatic rings. The van der Waals surface area contributed by atoms with E-state index in [-0.39, 0.29) is 36.3 Å². The Bertz CT molecular complexity index is 1910. The molecule has 5 rings (SSSR count). The lowest BCUT2D eigenvalue weighted by molar-refractivity contribution is -0.139. The van der Waals surface area contributed by atoms with Crippen LogP contribution in [0.3, 0.4) is 0 Å². The van der Waals surface area contributed by atoms with Crippen molar-refractivity contribution in [1.29, 1.82) is 0 Å². The molecular formula is C33H29BrClFN2O5S. The molecule has 7 nitrogen and oxygen atoms in total. The van der Waals surface area contributed by atoms with Crippen molar-refractivity contribution >= 4 is 50.9 Å². The van der Waals surface area contributed by atoms with Gasteiger partial charge in [-0.3, -0.25) is 9.36 Å². The molecule has 4 aromatic rings. The molecule has 1 atom stereocenters. The van der Waals surface area contributed by atoms with Crippen LogP contribution in [0.4, 0.5) is 4.39 Å². The molecule has 0 aliphatic carbocycles. The van der Waals surface area contributed by atoms with Gasteiger partial charge in [-0.25, -0.2) is 14.2 Å². The number of rotatable bonds is 9. The summed E-state index contributed by atoms with van der Waals surface area (Å²) in [5, 5.41) is 0.332. The Morgan fingerprint density at radius 1 is 1.18 bits per heavy atom. The van der Waals surface area contributed by atoms with E-state index in [1.54, 1.807) is 44.2 Å². The number of fused-ring (bicyclic) bond motifs is 1. The lowest BCUT2D eigenvalue weighted by Crippen LogP contribution is -2.40. The number of thiazole rings is 1. The molecule has 44 heavy (non-hydrogen) atoms. The van der Waals surface area contributed by atoms with Crippen LogP contribution in [0.1, 0.15) is 50.4 Å². The van der Waals surface area contributed by atoms with E-state index in [9.17, 15) is 14.0 Å². The van der Waals surface area contributed by atoms with Crippen LogP contribution < -0.4 is 24.4 Å². The summed E-state index contributed by atoms with van der Waals surface area (Å²) < 4.78 is 33.2. The fourth-order valence-electron chi connectivity index (χ4n) is 4.84. The number of para-hydroxylation sites is 1. The number of hydrogen-bond donors (Lipinski definition) is 0. The van der Waals surface area contributed by atoms with Crippen LogP contribution in [0.25, 0.3) is 6.08 Å². The Hall–Kier alpha value is -3.73. The minimum absolute atomic E-state index is 0.131. The quantitative estimate of drug-likeness (QED) is 0.181.